The molecule has 1 fully saturated rings. The third kappa shape index (κ3) is 3.72. The highest BCUT2D eigenvalue weighted by Gasteiger charge is 2.29. The molecule has 7 heteroatoms. The van der Waals surface area contributed by atoms with E-state index in [0.29, 0.717) is 13.0 Å². The summed E-state index contributed by atoms with van der Waals surface area (Å²) in [5.74, 6) is 0.240. The SMILES string of the molecule is Cc1ccc(N[C@H](C)CCn2cccn2)cc1N1CCCS1(=O)=O. The van der Waals surface area contributed by atoms with E-state index in [-0.39, 0.29) is 11.8 Å². The maximum atomic E-state index is 12.2. The number of anilines is 2. The Kier molecular flexibility index (Phi) is 4.80. The number of sulfonamides is 1. The average Bonchev–Trinajstić information content (AvgIpc) is 3.16. The van der Waals surface area contributed by atoms with Gasteiger partial charge in [-0.25, -0.2) is 8.42 Å². The van der Waals surface area contributed by atoms with E-state index in [4.69, 9.17) is 0 Å². The summed E-state index contributed by atoms with van der Waals surface area (Å²) in [4.78, 5) is 0. The number of aryl methyl sites for hydroxylation is 2. The normalized spacial score (nSPS) is 17.8. The van der Waals surface area contributed by atoms with E-state index in [1.165, 1.54) is 0 Å². The van der Waals surface area contributed by atoms with Crippen molar-refractivity contribution in [3.63, 3.8) is 0 Å². The van der Waals surface area contributed by atoms with Crippen molar-refractivity contribution in [2.24, 2.45) is 0 Å². The van der Waals surface area contributed by atoms with Crippen LogP contribution in [-0.4, -0.2) is 36.5 Å². The summed E-state index contributed by atoms with van der Waals surface area (Å²) in [5.41, 5.74) is 2.72. The molecule has 1 saturated heterocycles. The predicted molar refractivity (Wildman–Crippen MR) is 96.9 cm³/mol. The van der Waals surface area contributed by atoms with Crippen LogP contribution in [0, 0.1) is 6.92 Å². The lowest BCUT2D eigenvalue weighted by Gasteiger charge is -2.22. The molecule has 24 heavy (non-hydrogen) atoms. The van der Waals surface area contributed by atoms with E-state index in [2.05, 4.69) is 17.3 Å². The molecule has 1 aromatic carbocycles. The molecule has 0 radical (unpaired) electrons. The Hall–Kier alpha value is -2.02. The van der Waals surface area contributed by atoms with Crippen LogP contribution in [0.5, 0.6) is 0 Å². The van der Waals surface area contributed by atoms with Gasteiger partial charge in [-0.15, -0.1) is 0 Å². The molecule has 130 valence electrons. The lowest BCUT2D eigenvalue weighted by atomic mass is 10.1. The number of hydrogen-bond donors (Lipinski definition) is 1. The molecule has 2 heterocycles. The van der Waals surface area contributed by atoms with Gasteiger partial charge < -0.3 is 5.32 Å². The first kappa shape index (κ1) is 16.8. The van der Waals surface area contributed by atoms with Crippen molar-refractivity contribution in [3.8, 4) is 0 Å². The molecular formula is C17H24N4O2S. The van der Waals surface area contributed by atoms with Crippen LogP contribution in [0.4, 0.5) is 11.4 Å². The molecule has 0 spiro atoms. The molecule has 6 nitrogen and oxygen atoms in total. The minimum Gasteiger partial charge on any atom is -0.382 e. The molecule has 0 unspecified atom stereocenters. The third-order valence-corrected chi connectivity index (χ3v) is 6.20. The molecule has 1 atom stereocenters. The van der Waals surface area contributed by atoms with Gasteiger partial charge >= 0.3 is 0 Å². The molecule has 0 amide bonds. The fourth-order valence-electron chi connectivity index (χ4n) is 2.99. The van der Waals surface area contributed by atoms with E-state index in [1.807, 2.05) is 42.1 Å². The Labute approximate surface area is 143 Å². The summed E-state index contributed by atoms with van der Waals surface area (Å²) in [5, 5.41) is 7.66. The first-order chi connectivity index (χ1) is 11.5. The van der Waals surface area contributed by atoms with Crippen molar-refractivity contribution in [2.45, 2.75) is 39.3 Å². The van der Waals surface area contributed by atoms with Gasteiger partial charge in [0.25, 0.3) is 0 Å². The van der Waals surface area contributed by atoms with Gasteiger partial charge in [0.2, 0.25) is 10.0 Å². The topological polar surface area (TPSA) is 67.2 Å². The maximum absolute atomic E-state index is 12.2. The highest BCUT2D eigenvalue weighted by atomic mass is 32.2. The number of nitrogens with zero attached hydrogens (tertiary/aromatic N) is 3. The highest BCUT2D eigenvalue weighted by molar-refractivity contribution is 7.93. The molecule has 1 aliphatic rings. The second-order valence-electron chi connectivity index (χ2n) is 6.35. The number of rotatable bonds is 6. The van der Waals surface area contributed by atoms with Crippen LogP contribution < -0.4 is 9.62 Å². The first-order valence-corrected chi connectivity index (χ1v) is 9.92. The summed E-state index contributed by atoms with van der Waals surface area (Å²) in [6, 6.07) is 8.11. The van der Waals surface area contributed by atoms with Gasteiger partial charge in [0.1, 0.15) is 0 Å². The molecule has 0 saturated carbocycles. The monoisotopic (exact) mass is 348 g/mol. The van der Waals surface area contributed by atoms with E-state index >= 15 is 0 Å². The maximum Gasteiger partial charge on any atom is 0.235 e. The summed E-state index contributed by atoms with van der Waals surface area (Å²) in [7, 11) is -3.15. The van der Waals surface area contributed by atoms with E-state index in [1.54, 1.807) is 10.5 Å². The Morgan fingerprint density at radius 3 is 2.88 bits per heavy atom. The van der Waals surface area contributed by atoms with Gasteiger partial charge in [-0.1, -0.05) is 6.07 Å². The fourth-order valence-corrected chi connectivity index (χ4v) is 4.61. The average molecular weight is 348 g/mol. The van der Waals surface area contributed by atoms with E-state index in [9.17, 15) is 8.42 Å². The summed E-state index contributed by atoms with van der Waals surface area (Å²) >= 11 is 0. The number of nitrogens with one attached hydrogen (secondary N) is 1. The van der Waals surface area contributed by atoms with Crippen molar-refractivity contribution >= 4 is 21.4 Å². The van der Waals surface area contributed by atoms with E-state index < -0.39 is 10.0 Å². The van der Waals surface area contributed by atoms with Crippen LogP contribution >= 0.6 is 0 Å². The van der Waals surface area contributed by atoms with Gasteiger partial charge in [0.15, 0.2) is 0 Å². The second kappa shape index (κ2) is 6.84. The van der Waals surface area contributed by atoms with Gasteiger partial charge in [0.05, 0.1) is 11.4 Å². The molecule has 0 bridgehead atoms. The molecule has 1 aliphatic heterocycles. The Balaban J connectivity index is 1.69. The smallest absolute Gasteiger partial charge is 0.235 e. The molecule has 0 aliphatic carbocycles. The van der Waals surface area contributed by atoms with Crippen molar-refractivity contribution < 1.29 is 8.42 Å². The molecule has 2 aromatic rings. The van der Waals surface area contributed by atoms with Crippen LogP contribution in [0.2, 0.25) is 0 Å². The largest absolute Gasteiger partial charge is 0.382 e. The minimum atomic E-state index is -3.15. The zero-order chi connectivity index (χ0) is 17.2. The van der Waals surface area contributed by atoms with Crippen LogP contribution in [0.15, 0.2) is 36.7 Å². The zero-order valence-corrected chi connectivity index (χ0v) is 15.0. The Morgan fingerprint density at radius 2 is 2.21 bits per heavy atom. The Bertz CT molecular complexity index is 787. The van der Waals surface area contributed by atoms with Crippen molar-refractivity contribution in [1.29, 1.82) is 0 Å². The van der Waals surface area contributed by atoms with Crippen molar-refractivity contribution in [1.82, 2.24) is 9.78 Å². The van der Waals surface area contributed by atoms with Crippen LogP contribution in [-0.2, 0) is 16.6 Å². The van der Waals surface area contributed by atoms with Crippen molar-refractivity contribution in [3.05, 3.63) is 42.2 Å². The summed E-state index contributed by atoms with van der Waals surface area (Å²) in [6.07, 6.45) is 5.36. The quantitative estimate of drug-likeness (QED) is 0.871. The fraction of sp³-hybridized carbons (Fsp3) is 0.471. The molecule has 3 rings (SSSR count). The van der Waals surface area contributed by atoms with Crippen LogP contribution in [0.3, 0.4) is 0 Å². The van der Waals surface area contributed by atoms with E-state index in [0.717, 1.165) is 29.9 Å². The molecule has 1 aromatic heterocycles. The predicted octanol–water partition coefficient (Wildman–Crippen LogP) is 2.62. The molecule has 1 N–H and O–H groups in total. The van der Waals surface area contributed by atoms with Gasteiger partial charge in [-0.05, 0) is 50.5 Å². The lowest BCUT2D eigenvalue weighted by Crippen LogP contribution is -2.26. The van der Waals surface area contributed by atoms with Gasteiger partial charge in [-0.3, -0.25) is 8.99 Å². The molecular weight excluding hydrogens is 324 g/mol. The zero-order valence-electron chi connectivity index (χ0n) is 14.1. The standard InChI is InChI=1S/C17H24N4O2S/c1-14-5-6-16(13-17(14)21-10-4-12-24(21,22)23)19-15(2)7-11-20-9-3-8-18-20/h3,5-6,8-9,13,15,19H,4,7,10-12H2,1-2H3/t15-/m1/s1. The summed E-state index contributed by atoms with van der Waals surface area (Å²) < 4.78 is 27.8. The van der Waals surface area contributed by atoms with Crippen LogP contribution in [0.25, 0.3) is 0 Å². The first-order valence-electron chi connectivity index (χ1n) is 8.31. The summed E-state index contributed by atoms with van der Waals surface area (Å²) in [6.45, 7) is 5.49. The van der Waals surface area contributed by atoms with Crippen molar-refractivity contribution in [2.75, 3.05) is 21.9 Å². The second-order valence-corrected chi connectivity index (χ2v) is 8.36. The highest BCUT2D eigenvalue weighted by Crippen LogP contribution is 2.30. The number of aromatic nitrogens is 2. The minimum absolute atomic E-state index is 0.240. The number of hydrogen-bond acceptors (Lipinski definition) is 4. The number of benzene rings is 1. The van der Waals surface area contributed by atoms with Gasteiger partial charge in [0, 0.05) is 37.2 Å². The Morgan fingerprint density at radius 1 is 1.38 bits per heavy atom. The lowest BCUT2D eigenvalue weighted by molar-refractivity contribution is 0.546. The third-order valence-electron chi connectivity index (χ3n) is 4.34. The van der Waals surface area contributed by atoms with Gasteiger partial charge in [-0.2, -0.15) is 5.10 Å². The van der Waals surface area contributed by atoms with Crippen LogP contribution in [0.1, 0.15) is 25.3 Å².